The van der Waals surface area contributed by atoms with Crippen LogP contribution in [0, 0.1) is 5.92 Å². The quantitative estimate of drug-likeness (QED) is 0.884. The maximum absolute atomic E-state index is 12.6. The molecule has 1 aliphatic carbocycles. The van der Waals surface area contributed by atoms with E-state index >= 15 is 0 Å². The molecule has 1 N–H and O–H groups in total. The van der Waals surface area contributed by atoms with E-state index in [-0.39, 0.29) is 0 Å². The van der Waals surface area contributed by atoms with Crippen molar-refractivity contribution in [2.45, 2.75) is 50.1 Å². The summed E-state index contributed by atoms with van der Waals surface area (Å²) in [6, 6.07) is 7.89. The molecule has 1 aliphatic heterocycles. The first-order valence-electron chi connectivity index (χ1n) is 8.96. The van der Waals surface area contributed by atoms with Gasteiger partial charge in [0.1, 0.15) is 0 Å². The highest BCUT2D eigenvalue weighted by atomic mass is 32.2. The number of hydrogen-bond donors (Lipinski definition) is 1. The number of ether oxygens (including phenoxy) is 1. The fourth-order valence-electron chi connectivity index (χ4n) is 3.44. The summed E-state index contributed by atoms with van der Waals surface area (Å²) in [6.07, 6.45) is 5.08. The van der Waals surface area contributed by atoms with Crippen molar-refractivity contribution < 1.29 is 13.2 Å². The minimum Gasteiger partial charge on any atom is -0.379 e. The van der Waals surface area contributed by atoms with Gasteiger partial charge >= 0.3 is 0 Å². The molecule has 2 fully saturated rings. The summed E-state index contributed by atoms with van der Waals surface area (Å²) in [5.74, 6) is 0.854. The zero-order valence-corrected chi connectivity index (χ0v) is 15.2. The van der Waals surface area contributed by atoms with Gasteiger partial charge in [-0.25, -0.2) is 8.42 Å². The van der Waals surface area contributed by atoms with Crippen molar-refractivity contribution in [3.8, 4) is 0 Å². The second-order valence-corrected chi connectivity index (χ2v) is 8.94. The Bertz CT molecular complexity index is 616. The van der Waals surface area contributed by atoms with Crippen LogP contribution in [-0.2, 0) is 21.3 Å². The Morgan fingerprint density at radius 3 is 2.33 bits per heavy atom. The summed E-state index contributed by atoms with van der Waals surface area (Å²) in [5, 5.41) is 3.60. The van der Waals surface area contributed by atoms with Crippen molar-refractivity contribution in [3.05, 3.63) is 29.8 Å². The number of morpholine rings is 1. The molecule has 24 heavy (non-hydrogen) atoms. The van der Waals surface area contributed by atoms with Crippen molar-refractivity contribution in [2.24, 2.45) is 5.92 Å². The van der Waals surface area contributed by atoms with E-state index in [4.69, 9.17) is 4.74 Å². The van der Waals surface area contributed by atoms with Crippen LogP contribution in [0.3, 0.4) is 0 Å². The minimum atomic E-state index is -3.39. The minimum absolute atomic E-state index is 0.375. The van der Waals surface area contributed by atoms with Crippen molar-refractivity contribution in [1.29, 1.82) is 0 Å². The molecule has 1 aromatic rings. The molecule has 0 spiro atoms. The topological polar surface area (TPSA) is 58.6 Å². The summed E-state index contributed by atoms with van der Waals surface area (Å²) in [6.45, 7) is 4.95. The summed E-state index contributed by atoms with van der Waals surface area (Å²) >= 11 is 0. The first-order chi connectivity index (χ1) is 11.6. The van der Waals surface area contributed by atoms with Gasteiger partial charge in [0.15, 0.2) is 0 Å². The number of rotatable bonds is 5. The molecule has 0 aromatic heterocycles. The molecule has 5 nitrogen and oxygen atoms in total. The van der Waals surface area contributed by atoms with E-state index in [1.807, 2.05) is 12.1 Å². The second-order valence-electron chi connectivity index (χ2n) is 7.00. The highest BCUT2D eigenvalue weighted by molar-refractivity contribution is 7.89. The normalized spacial score (nSPS) is 26.4. The number of hydrogen-bond acceptors (Lipinski definition) is 4. The van der Waals surface area contributed by atoms with Crippen molar-refractivity contribution in [3.63, 3.8) is 0 Å². The molecule has 0 radical (unpaired) electrons. The van der Waals surface area contributed by atoms with Gasteiger partial charge < -0.3 is 10.1 Å². The standard InChI is InChI=1S/C18H28N2O3S/c1-15-2-6-17(7-3-15)19-14-16-4-8-18(9-5-16)24(21,22)20-10-12-23-13-11-20/h4-5,8-9,15,17,19H,2-3,6-7,10-14H2,1H3. The van der Waals surface area contributed by atoms with E-state index < -0.39 is 10.0 Å². The Hall–Kier alpha value is -0.950. The molecule has 1 saturated heterocycles. The first-order valence-corrected chi connectivity index (χ1v) is 10.4. The van der Waals surface area contributed by atoms with Crippen molar-refractivity contribution >= 4 is 10.0 Å². The lowest BCUT2D eigenvalue weighted by molar-refractivity contribution is 0.0730. The zero-order valence-electron chi connectivity index (χ0n) is 14.4. The van der Waals surface area contributed by atoms with Crippen LogP contribution < -0.4 is 5.32 Å². The molecule has 1 saturated carbocycles. The molecule has 0 unspecified atom stereocenters. The van der Waals surface area contributed by atoms with Crippen molar-refractivity contribution in [1.82, 2.24) is 9.62 Å². The van der Waals surface area contributed by atoms with Gasteiger partial charge in [0.2, 0.25) is 10.0 Å². The Labute approximate surface area is 145 Å². The van der Waals surface area contributed by atoms with E-state index in [1.165, 1.54) is 30.0 Å². The maximum atomic E-state index is 12.6. The van der Waals surface area contributed by atoms with Crippen LogP contribution in [0.4, 0.5) is 0 Å². The summed E-state index contributed by atoms with van der Waals surface area (Å²) in [7, 11) is -3.39. The zero-order chi connectivity index (χ0) is 17.0. The Morgan fingerprint density at radius 1 is 1.08 bits per heavy atom. The summed E-state index contributed by atoms with van der Waals surface area (Å²) in [4.78, 5) is 0.375. The summed E-state index contributed by atoms with van der Waals surface area (Å²) in [5.41, 5.74) is 1.13. The van der Waals surface area contributed by atoms with E-state index in [9.17, 15) is 8.42 Å². The van der Waals surface area contributed by atoms with Gasteiger partial charge in [0.25, 0.3) is 0 Å². The average Bonchev–Trinajstić information content (AvgIpc) is 2.62. The molecule has 6 heteroatoms. The number of sulfonamides is 1. The average molecular weight is 353 g/mol. The van der Waals surface area contributed by atoms with Crippen LogP contribution in [0.1, 0.15) is 38.2 Å². The molecule has 0 bridgehead atoms. The Kier molecular flexibility index (Phi) is 5.92. The third kappa shape index (κ3) is 4.36. The van der Waals surface area contributed by atoms with Gasteiger partial charge in [-0.2, -0.15) is 4.31 Å². The lowest BCUT2D eigenvalue weighted by Gasteiger charge is -2.27. The smallest absolute Gasteiger partial charge is 0.243 e. The largest absolute Gasteiger partial charge is 0.379 e. The number of nitrogens with one attached hydrogen (secondary N) is 1. The SMILES string of the molecule is CC1CCC(NCc2ccc(S(=O)(=O)N3CCOCC3)cc2)CC1. The summed E-state index contributed by atoms with van der Waals surface area (Å²) < 4.78 is 31.9. The van der Waals surface area contributed by atoms with E-state index in [1.54, 1.807) is 12.1 Å². The van der Waals surface area contributed by atoms with E-state index in [2.05, 4.69) is 12.2 Å². The van der Waals surface area contributed by atoms with Gasteiger partial charge in [-0.05, 0) is 49.3 Å². The lowest BCUT2D eigenvalue weighted by atomic mass is 9.87. The van der Waals surface area contributed by atoms with Crippen LogP contribution >= 0.6 is 0 Å². The molecule has 1 heterocycles. The van der Waals surface area contributed by atoms with E-state index in [0.29, 0.717) is 37.2 Å². The third-order valence-corrected chi connectivity index (χ3v) is 7.05. The van der Waals surface area contributed by atoms with Crippen LogP contribution in [0.5, 0.6) is 0 Å². The predicted octanol–water partition coefficient (Wildman–Crippen LogP) is 2.38. The molecule has 3 rings (SSSR count). The first kappa shape index (κ1) is 17.9. The maximum Gasteiger partial charge on any atom is 0.243 e. The van der Waals surface area contributed by atoms with Gasteiger partial charge in [-0.15, -0.1) is 0 Å². The molecule has 1 aromatic carbocycles. The van der Waals surface area contributed by atoms with E-state index in [0.717, 1.165) is 18.0 Å². The van der Waals surface area contributed by atoms with Gasteiger partial charge in [-0.1, -0.05) is 19.1 Å². The highest BCUT2D eigenvalue weighted by Gasteiger charge is 2.26. The molecule has 134 valence electrons. The number of nitrogens with zero attached hydrogens (tertiary/aromatic N) is 1. The van der Waals surface area contributed by atoms with Crippen LogP contribution in [0.25, 0.3) is 0 Å². The molecular weight excluding hydrogens is 324 g/mol. The Balaban J connectivity index is 1.56. The monoisotopic (exact) mass is 352 g/mol. The van der Waals surface area contributed by atoms with Gasteiger partial charge in [-0.3, -0.25) is 0 Å². The van der Waals surface area contributed by atoms with Gasteiger partial charge in [0.05, 0.1) is 18.1 Å². The highest BCUT2D eigenvalue weighted by Crippen LogP contribution is 2.24. The van der Waals surface area contributed by atoms with Crippen LogP contribution in [-0.4, -0.2) is 45.1 Å². The van der Waals surface area contributed by atoms with Crippen LogP contribution in [0.15, 0.2) is 29.2 Å². The fraction of sp³-hybridized carbons (Fsp3) is 0.667. The molecule has 2 aliphatic rings. The third-order valence-electron chi connectivity index (χ3n) is 5.14. The molecular formula is C18H28N2O3S. The number of benzene rings is 1. The molecule has 0 amide bonds. The Morgan fingerprint density at radius 2 is 1.71 bits per heavy atom. The lowest BCUT2D eigenvalue weighted by Crippen LogP contribution is -2.40. The van der Waals surface area contributed by atoms with Gasteiger partial charge in [0, 0.05) is 25.7 Å². The predicted molar refractivity (Wildman–Crippen MR) is 94.3 cm³/mol. The molecule has 0 atom stereocenters. The fourth-order valence-corrected chi connectivity index (χ4v) is 4.85. The second kappa shape index (κ2) is 7.95. The van der Waals surface area contributed by atoms with Crippen molar-refractivity contribution in [2.75, 3.05) is 26.3 Å². The van der Waals surface area contributed by atoms with Crippen LogP contribution in [0.2, 0.25) is 0 Å².